The van der Waals surface area contributed by atoms with Crippen molar-refractivity contribution in [2.75, 3.05) is 18.4 Å². The van der Waals surface area contributed by atoms with Gasteiger partial charge in [0.05, 0.1) is 11.6 Å². The Morgan fingerprint density at radius 2 is 1.83 bits per heavy atom. The maximum Gasteiger partial charge on any atom is 0.229 e. The third-order valence-corrected chi connectivity index (χ3v) is 4.59. The van der Waals surface area contributed by atoms with Crippen LogP contribution in [0.4, 0.5) is 5.69 Å². The second kappa shape index (κ2) is 6.52. The molecule has 0 spiro atoms. The zero-order valence-electron chi connectivity index (χ0n) is 13.4. The number of para-hydroxylation sites is 1. The van der Waals surface area contributed by atoms with Crippen LogP contribution in [0.2, 0.25) is 0 Å². The molecular formula is C18H22N2O3. The molecule has 122 valence electrons. The number of anilines is 1. The molecule has 2 aliphatic rings. The van der Waals surface area contributed by atoms with E-state index >= 15 is 0 Å². The Bertz CT molecular complexity index is 637. The maximum absolute atomic E-state index is 12.5. The van der Waals surface area contributed by atoms with Gasteiger partial charge in [-0.3, -0.25) is 14.4 Å². The predicted octanol–water partition coefficient (Wildman–Crippen LogP) is 2.48. The van der Waals surface area contributed by atoms with Crippen LogP contribution in [0.3, 0.4) is 0 Å². The molecule has 1 aliphatic carbocycles. The van der Waals surface area contributed by atoms with Crippen molar-refractivity contribution in [3.05, 3.63) is 29.8 Å². The van der Waals surface area contributed by atoms with E-state index < -0.39 is 0 Å². The highest BCUT2D eigenvalue weighted by Gasteiger charge is 2.36. The quantitative estimate of drug-likeness (QED) is 0.868. The first-order valence-electron chi connectivity index (χ1n) is 8.26. The van der Waals surface area contributed by atoms with Crippen molar-refractivity contribution in [1.82, 2.24) is 4.90 Å². The van der Waals surface area contributed by atoms with Gasteiger partial charge in [0, 0.05) is 24.6 Å². The van der Waals surface area contributed by atoms with Crippen molar-refractivity contribution >= 4 is 23.3 Å². The normalized spacial score (nSPS) is 20.9. The van der Waals surface area contributed by atoms with Crippen molar-refractivity contribution in [1.29, 1.82) is 0 Å². The summed E-state index contributed by atoms with van der Waals surface area (Å²) in [7, 11) is 0. The Labute approximate surface area is 136 Å². The SMILES string of the molecule is CC(=O)c1ccccc1NC(=O)C1CCCN(C(=O)C2CC2)C1. The van der Waals surface area contributed by atoms with E-state index in [1.807, 2.05) is 4.90 Å². The lowest BCUT2D eigenvalue weighted by Gasteiger charge is -2.32. The zero-order valence-corrected chi connectivity index (χ0v) is 13.4. The molecule has 1 saturated heterocycles. The van der Waals surface area contributed by atoms with Gasteiger partial charge in [0.2, 0.25) is 11.8 Å². The minimum atomic E-state index is -0.202. The monoisotopic (exact) mass is 314 g/mol. The molecule has 0 radical (unpaired) electrons. The summed E-state index contributed by atoms with van der Waals surface area (Å²) in [5, 5.41) is 2.87. The summed E-state index contributed by atoms with van der Waals surface area (Å²) in [5.41, 5.74) is 1.07. The van der Waals surface area contributed by atoms with Gasteiger partial charge in [0.15, 0.2) is 5.78 Å². The highest BCUT2D eigenvalue weighted by molar-refractivity contribution is 6.04. The van der Waals surface area contributed by atoms with Gasteiger partial charge in [0.1, 0.15) is 0 Å². The zero-order chi connectivity index (χ0) is 16.4. The molecule has 5 nitrogen and oxygen atoms in total. The molecule has 1 atom stereocenters. The standard InChI is InChI=1S/C18H22N2O3/c1-12(21)15-6-2-3-7-16(15)19-17(22)14-5-4-10-20(11-14)18(23)13-8-9-13/h2-3,6-7,13-14H,4-5,8-11H2,1H3,(H,19,22). The van der Waals surface area contributed by atoms with Crippen LogP contribution in [0.15, 0.2) is 24.3 Å². The highest BCUT2D eigenvalue weighted by atomic mass is 16.2. The number of nitrogens with one attached hydrogen (secondary N) is 1. The van der Waals surface area contributed by atoms with Crippen molar-refractivity contribution in [3.8, 4) is 0 Å². The number of nitrogens with zero attached hydrogens (tertiary/aromatic N) is 1. The average molecular weight is 314 g/mol. The van der Waals surface area contributed by atoms with Crippen molar-refractivity contribution in [3.63, 3.8) is 0 Å². The number of carbonyl (C=O) groups excluding carboxylic acids is 3. The number of carbonyl (C=O) groups is 3. The molecule has 23 heavy (non-hydrogen) atoms. The molecule has 0 bridgehead atoms. The lowest BCUT2D eigenvalue weighted by atomic mass is 9.96. The number of amides is 2. The van der Waals surface area contributed by atoms with Crippen LogP contribution < -0.4 is 5.32 Å². The van der Waals surface area contributed by atoms with Gasteiger partial charge in [0.25, 0.3) is 0 Å². The summed E-state index contributed by atoms with van der Waals surface area (Å²) >= 11 is 0. The van der Waals surface area contributed by atoms with Crippen LogP contribution in [0.1, 0.15) is 43.0 Å². The fraction of sp³-hybridized carbons (Fsp3) is 0.500. The van der Waals surface area contributed by atoms with Gasteiger partial charge in [-0.05, 0) is 44.7 Å². The van der Waals surface area contributed by atoms with E-state index in [-0.39, 0.29) is 29.4 Å². The highest BCUT2D eigenvalue weighted by Crippen LogP contribution is 2.32. The fourth-order valence-electron chi connectivity index (χ4n) is 3.11. The summed E-state index contributed by atoms with van der Waals surface area (Å²) in [4.78, 5) is 38.2. The molecule has 0 aromatic heterocycles. The van der Waals surface area contributed by atoms with Crippen molar-refractivity contribution in [2.45, 2.75) is 32.6 Å². The fourth-order valence-corrected chi connectivity index (χ4v) is 3.11. The number of piperidine rings is 1. The number of ketones is 1. The molecule has 1 aromatic carbocycles. The van der Waals surface area contributed by atoms with Crippen LogP contribution in [0.25, 0.3) is 0 Å². The largest absolute Gasteiger partial charge is 0.342 e. The number of hydrogen-bond acceptors (Lipinski definition) is 3. The smallest absolute Gasteiger partial charge is 0.229 e. The van der Waals surface area contributed by atoms with Crippen molar-refractivity contribution < 1.29 is 14.4 Å². The second-order valence-corrected chi connectivity index (χ2v) is 6.49. The molecule has 1 N–H and O–H groups in total. The van der Waals surface area contributed by atoms with E-state index in [4.69, 9.17) is 0 Å². The minimum absolute atomic E-state index is 0.0740. The van der Waals surface area contributed by atoms with Gasteiger partial charge in [-0.2, -0.15) is 0 Å². The van der Waals surface area contributed by atoms with Crippen LogP contribution >= 0.6 is 0 Å². The van der Waals surface area contributed by atoms with E-state index in [0.717, 1.165) is 32.2 Å². The van der Waals surface area contributed by atoms with Gasteiger partial charge < -0.3 is 10.2 Å². The van der Waals surface area contributed by atoms with E-state index in [0.29, 0.717) is 17.8 Å². The number of hydrogen-bond donors (Lipinski definition) is 1. The second-order valence-electron chi connectivity index (χ2n) is 6.49. The summed E-state index contributed by atoms with van der Waals surface area (Å²) in [6, 6.07) is 7.03. The third-order valence-electron chi connectivity index (χ3n) is 4.59. The lowest BCUT2D eigenvalue weighted by Crippen LogP contribution is -2.44. The Morgan fingerprint density at radius 3 is 2.52 bits per heavy atom. The molecule has 1 heterocycles. The predicted molar refractivity (Wildman–Crippen MR) is 87.1 cm³/mol. The third kappa shape index (κ3) is 3.60. The van der Waals surface area contributed by atoms with E-state index in [1.54, 1.807) is 24.3 Å². The topological polar surface area (TPSA) is 66.5 Å². The number of rotatable bonds is 4. The Kier molecular flexibility index (Phi) is 4.46. The molecule has 1 aliphatic heterocycles. The summed E-state index contributed by atoms with van der Waals surface area (Å²) < 4.78 is 0. The first kappa shape index (κ1) is 15.7. The van der Waals surface area contributed by atoms with E-state index in [9.17, 15) is 14.4 Å². The Hall–Kier alpha value is -2.17. The summed E-state index contributed by atoms with van der Waals surface area (Å²) in [5.74, 6) is 0.00966. The molecule has 1 aromatic rings. The van der Waals surface area contributed by atoms with Gasteiger partial charge in [-0.15, -0.1) is 0 Å². The van der Waals surface area contributed by atoms with Crippen LogP contribution in [0, 0.1) is 11.8 Å². The molecule has 3 rings (SSSR count). The van der Waals surface area contributed by atoms with Gasteiger partial charge in [-0.25, -0.2) is 0 Å². The molecule has 2 amide bonds. The number of benzene rings is 1. The van der Waals surface area contributed by atoms with Crippen molar-refractivity contribution in [2.24, 2.45) is 11.8 Å². The summed E-state index contributed by atoms with van der Waals surface area (Å²) in [6.07, 6.45) is 3.60. The average Bonchev–Trinajstić information content (AvgIpc) is 3.39. The molecule has 2 fully saturated rings. The minimum Gasteiger partial charge on any atom is -0.342 e. The lowest BCUT2D eigenvalue weighted by molar-refractivity contribution is -0.135. The first-order chi connectivity index (χ1) is 11.1. The summed E-state index contributed by atoms with van der Waals surface area (Å²) in [6.45, 7) is 2.73. The van der Waals surface area contributed by atoms with E-state index in [2.05, 4.69) is 5.32 Å². The van der Waals surface area contributed by atoms with Crippen LogP contribution in [0.5, 0.6) is 0 Å². The number of Topliss-reactive ketones (excluding diaryl/α,β-unsaturated/α-hetero) is 1. The van der Waals surface area contributed by atoms with Crippen LogP contribution in [-0.4, -0.2) is 35.6 Å². The Morgan fingerprint density at radius 1 is 1.09 bits per heavy atom. The molecule has 5 heteroatoms. The Balaban J connectivity index is 1.66. The van der Waals surface area contributed by atoms with Gasteiger partial charge >= 0.3 is 0 Å². The first-order valence-corrected chi connectivity index (χ1v) is 8.26. The van der Waals surface area contributed by atoms with Crippen LogP contribution in [-0.2, 0) is 9.59 Å². The van der Waals surface area contributed by atoms with E-state index in [1.165, 1.54) is 6.92 Å². The number of likely N-dealkylation sites (tertiary alicyclic amines) is 1. The van der Waals surface area contributed by atoms with Gasteiger partial charge in [-0.1, -0.05) is 12.1 Å². The molecular weight excluding hydrogens is 292 g/mol. The maximum atomic E-state index is 12.5. The molecule has 1 unspecified atom stereocenters. The molecule has 1 saturated carbocycles.